The molecular weight excluding hydrogens is 284 g/mol. The average Bonchev–Trinajstić information content (AvgIpc) is 2.57. The van der Waals surface area contributed by atoms with Crippen molar-refractivity contribution in [1.82, 2.24) is 9.80 Å². The van der Waals surface area contributed by atoms with Crippen molar-refractivity contribution in [3.63, 3.8) is 0 Å². The summed E-state index contributed by atoms with van der Waals surface area (Å²) in [5, 5.41) is 0. The first kappa shape index (κ1) is 14.5. The molecule has 3 heteroatoms. The Morgan fingerprint density at radius 2 is 1.91 bits per heavy atom. The summed E-state index contributed by atoms with van der Waals surface area (Å²) in [7, 11) is 0. The molecule has 0 radical (unpaired) electrons. The number of piperazine rings is 1. The van der Waals surface area contributed by atoms with Crippen molar-refractivity contribution in [3.05, 3.63) is 70.8 Å². The zero-order valence-electron chi connectivity index (χ0n) is 13.5. The molecule has 0 bridgehead atoms. The summed E-state index contributed by atoms with van der Waals surface area (Å²) >= 11 is 0. The Labute approximate surface area is 137 Å². The van der Waals surface area contributed by atoms with Crippen molar-refractivity contribution in [2.75, 3.05) is 19.6 Å². The van der Waals surface area contributed by atoms with Crippen molar-refractivity contribution >= 4 is 5.91 Å². The van der Waals surface area contributed by atoms with E-state index in [9.17, 15) is 4.79 Å². The number of hydrogen-bond acceptors (Lipinski definition) is 2. The molecule has 118 valence electrons. The van der Waals surface area contributed by atoms with Gasteiger partial charge in [0, 0.05) is 37.8 Å². The fourth-order valence-electron chi connectivity index (χ4n) is 3.82. The summed E-state index contributed by atoms with van der Waals surface area (Å²) in [6.07, 6.45) is 0.979. The number of rotatable bonds is 2. The molecule has 0 N–H and O–H groups in total. The van der Waals surface area contributed by atoms with Crippen LogP contribution in [0.25, 0.3) is 0 Å². The predicted molar refractivity (Wildman–Crippen MR) is 91.4 cm³/mol. The first-order valence-corrected chi connectivity index (χ1v) is 8.37. The average molecular weight is 306 g/mol. The van der Waals surface area contributed by atoms with Gasteiger partial charge in [0.15, 0.2) is 0 Å². The summed E-state index contributed by atoms with van der Waals surface area (Å²) in [6, 6.07) is 17.2. The van der Waals surface area contributed by atoms with Gasteiger partial charge in [-0.15, -0.1) is 0 Å². The van der Waals surface area contributed by atoms with E-state index < -0.39 is 0 Å². The minimum atomic E-state index is 0.222. The van der Waals surface area contributed by atoms with Gasteiger partial charge in [0.05, 0.1) is 0 Å². The standard InChI is InChI=1S/C20H22N2O/c1-15-7-8-17-12-18-14-21(13-16-5-3-2-4-6-16)9-10-22(18)20(23)19(17)11-15/h2-8,11,18H,9-10,12-14H2,1H3/t18-/m1/s1. The van der Waals surface area contributed by atoms with E-state index in [0.717, 1.165) is 38.2 Å². The third kappa shape index (κ3) is 2.77. The van der Waals surface area contributed by atoms with Crippen molar-refractivity contribution < 1.29 is 4.79 Å². The summed E-state index contributed by atoms with van der Waals surface area (Å²) in [6.45, 7) is 5.79. The number of benzene rings is 2. The van der Waals surface area contributed by atoms with E-state index in [2.05, 4.69) is 59.2 Å². The van der Waals surface area contributed by atoms with Gasteiger partial charge in [0.25, 0.3) is 5.91 Å². The highest BCUT2D eigenvalue weighted by atomic mass is 16.2. The molecule has 2 aromatic rings. The Hall–Kier alpha value is -2.13. The minimum absolute atomic E-state index is 0.222. The molecule has 4 rings (SSSR count). The topological polar surface area (TPSA) is 23.6 Å². The van der Waals surface area contributed by atoms with Crippen LogP contribution in [-0.4, -0.2) is 41.4 Å². The second-order valence-corrected chi connectivity index (χ2v) is 6.74. The molecule has 1 fully saturated rings. The van der Waals surface area contributed by atoms with Gasteiger partial charge in [-0.1, -0.05) is 48.0 Å². The lowest BCUT2D eigenvalue weighted by atomic mass is 9.90. The summed E-state index contributed by atoms with van der Waals surface area (Å²) in [5.41, 5.74) is 4.64. The van der Waals surface area contributed by atoms with Crippen molar-refractivity contribution in [1.29, 1.82) is 0 Å². The van der Waals surface area contributed by atoms with Crippen LogP contribution in [0.15, 0.2) is 48.5 Å². The Morgan fingerprint density at radius 3 is 2.74 bits per heavy atom. The molecule has 23 heavy (non-hydrogen) atoms. The third-order valence-corrected chi connectivity index (χ3v) is 5.03. The number of fused-ring (bicyclic) bond motifs is 2. The summed E-state index contributed by atoms with van der Waals surface area (Å²) in [4.78, 5) is 17.3. The third-order valence-electron chi connectivity index (χ3n) is 5.03. The molecule has 1 atom stereocenters. The second kappa shape index (κ2) is 5.82. The quantitative estimate of drug-likeness (QED) is 0.852. The van der Waals surface area contributed by atoms with Crippen molar-refractivity contribution in [3.8, 4) is 0 Å². The number of nitrogens with zero attached hydrogens (tertiary/aromatic N) is 2. The largest absolute Gasteiger partial charge is 0.333 e. The fourth-order valence-corrected chi connectivity index (χ4v) is 3.82. The number of aryl methyl sites for hydroxylation is 1. The maximum absolute atomic E-state index is 12.8. The minimum Gasteiger partial charge on any atom is -0.333 e. The Kier molecular flexibility index (Phi) is 3.66. The van der Waals surface area contributed by atoms with Gasteiger partial charge in [-0.3, -0.25) is 9.69 Å². The lowest BCUT2D eigenvalue weighted by molar-refractivity contribution is 0.0401. The molecule has 2 aliphatic heterocycles. The molecule has 0 spiro atoms. The van der Waals surface area contributed by atoms with Crippen LogP contribution in [0.2, 0.25) is 0 Å². The van der Waals surface area contributed by atoms with Crippen LogP contribution in [0, 0.1) is 6.92 Å². The normalized spacial score (nSPS) is 21.0. The Balaban J connectivity index is 1.52. The first-order chi connectivity index (χ1) is 11.2. The summed E-state index contributed by atoms with van der Waals surface area (Å²) in [5.74, 6) is 0.222. The molecular formula is C20H22N2O. The number of carbonyl (C=O) groups excluding carboxylic acids is 1. The lowest BCUT2D eigenvalue weighted by Gasteiger charge is -2.44. The highest BCUT2D eigenvalue weighted by molar-refractivity contribution is 5.97. The van der Waals surface area contributed by atoms with E-state index in [1.807, 2.05) is 6.07 Å². The van der Waals surface area contributed by atoms with Crippen molar-refractivity contribution in [2.24, 2.45) is 0 Å². The highest BCUT2D eigenvalue weighted by Crippen LogP contribution is 2.27. The zero-order chi connectivity index (χ0) is 15.8. The van der Waals surface area contributed by atoms with Gasteiger partial charge in [-0.2, -0.15) is 0 Å². The number of amides is 1. The van der Waals surface area contributed by atoms with E-state index in [-0.39, 0.29) is 5.91 Å². The van der Waals surface area contributed by atoms with Gasteiger partial charge in [0.1, 0.15) is 0 Å². The first-order valence-electron chi connectivity index (χ1n) is 8.37. The molecule has 3 nitrogen and oxygen atoms in total. The molecule has 0 aliphatic carbocycles. The monoisotopic (exact) mass is 306 g/mol. The Morgan fingerprint density at radius 1 is 1.09 bits per heavy atom. The lowest BCUT2D eigenvalue weighted by Crippen LogP contribution is -2.57. The van der Waals surface area contributed by atoms with Crippen LogP contribution < -0.4 is 0 Å². The molecule has 2 aliphatic rings. The molecule has 2 heterocycles. The van der Waals surface area contributed by atoms with Gasteiger partial charge < -0.3 is 4.90 Å². The maximum Gasteiger partial charge on any atom is 0.254 e. The molecule has 0 saturated carbocycles. The zero-order valence-corrected chi connectivity index (χ0v) is 13.5. The van der Waals surface area contributed by atoms with Crippen LogP contribution in [0.3, 0.4) is 0 Å². The van der Waals surface area contributed by atoms with Crippen LogP contribution in [0.4, 0.5) is 0 Å². The molecule has 1 saturated heterocycles. The van der Waals surface area contributed by atoms with E-state index in [1.54, 1.807) is 0 Å². The van der Waals surface area contributed by atoms with Crippen LogP contribution in [0.5, 0.6) is 0 Å². The van der Waals surface area contributed by atoms with E-state index in [1.165, 1.54) is 16.7 Å². The smallest absolute Gasteiger partial charge is 0.254 e. The van der Waals surface area contributed by atoms with Crippen LogP contribution >= 0.6 is 0 Å². The van der Waals surface area contributed by atoms with Crippen LogP contribution in [-0.2, 0) is 13.0 Å². The SMILES string of the molecule is Cc1ccc2c(c1)C(=O)N1CCN(Cc3ccccc3)C[C@H]1C2. The van der Waals surface area contributed by atoms with Gasteiger partial charge in [0.2, 0.25) is 0 Å². The highest BCUT2D eigenvalue weighted by Gasteiger charge is 2.36. The van der Waals surface area contributed by atoms with Gasteiger partial charge >= 0.3 is 0 Å². The molecule has 0 aromatic heterocycles. The molecule has 0 unspecified atom stereocenters. The van der Waals surface area contributed by atoms with Crippen molar-refractivity contribution in [2.45, 2.75) is 25.9 Å². The number of hydrogen-bond donors (Lipinski definition) is 0. The fraction of sp³-hybridized carbons (Fsp3) is 0.350. The molecule has 1 amide bonds. The predicted octanol–water partition coefficient (Wildman–Crippen LogP) is 2.88. The van der Waals surface area contributed by atoms with Gasteiger partial charge in [-0.25, -0.2) is 0 Å². The number of carbonyl (C=O) groups is 1. The second-order valence-electron chi connectivity index (χ2n) is 6.74. The Bertz CT molecular complexity index is 726. The summed E-state index contributed by atoms with van der Waals surface area (Å²) < 4.78 is 0. The van der Waals surface area contributed by atoms with E-state index in [0.29, 0.717) is 6.04 Å². The van der Waals surface area contributed by atoms with Crippen LogP contribution in [0.1, 0.15) is 27.0 Å². The van der Waals surface area contributed by atoms with E-state index >= 15 is 0 Å². The van der Waals surface area contributed by atoms with E-state index in [4.69, 9.17) is 0 Å². The molecule has 2 aromatic carbocycles. The maximum atomic E-state index is 12.8. The van der Waals surface area contributed by atoms with Gasteiger partial charge in [-0.05, 0) is 30.5 Å².